The highest BCUT2D eigenvalue weighted by atomic mass is 16.5. The number of hydrogen-bond donors (Lipinski definition) is 2. The van der Waals surface area contributed by atoms with Gasteiger partial charge in [-0.1, -0.05) is 11.6 Å². The lowest BCUT2D eigenvalue weighted by Gasteiger charge is -1.94. The lowest BCUT2D eigenvalue weighted by atomic mass is 10.4. The van der Waals surface area contributed by atoms with Crippen LogP contribution in [-0.4, -0.2) is 21.0 Å². The standard InChI is InChI=1S/C9H10N4O3/c1-2-7(14)16-5-13-3-6-8(12-13)10-4-11-9(6)15/h3-4H,2,5H2,1H3,(H,10,11,12,15)/p+1. The Morgan fingerprint density at radius 3 is 3.12 bits per heavy atom. The van der Waals surface area contributed by atoms with E-state index < -0.39 is 0 Å². The number of aromatic nitrogens is 4. The summed E-state index contributed by atoms with van der Waals surface area (Å²) in [7, 11) is 0. The van der Waals surface area contributed by atoms with Crippen LogP contribution < -0.4 is 10.2 Å². The zero-order chi connectivity index (χ0) is 11.5. The van der Waals surface area contributed by atoms with Gasteiger partial charge in [0.05, 0.1) is 6.33 Å². The number of rotatable bonds is 3. The number of carbonyl (C=O) groups excluding carboxylic acids is 1. The van der Waals surface area contributed by atoms with Gasteiger partial charge in [0, 0.05) is 6.42 Å². The molecule has 0 amide bonds. The van der Waals surface area contributed by atoms with Crippen LogP contribution in [0.4, 0.5) is 0 Å². The van der Waals surface area contributed by atoms with Crippen LogP contribution in [0.1, 0.15) is 13.3 Å². The summed E-state index contributed by atoms with van der Waals surface area (Å²) in [5.74, 6) is -0.298. The molecule has 0 aliphatic heterocycles. The second-order valence-corrected chi connectivity index (χ2v) is 3.20. The molecule has 0 fully saturated rings. The number of nitrogens with one attached hydrogen (secondary N) is 2. The molecule has 2 heterocycles. The molecule has 7 nitrogen and oxygen atoms in total. The van der Waals surface area contributed by atoms with Crippen molar-refractivity contribution in [2.45, 2.75) is 20.1 Å². The normalized spacial score (nSPS) is 10.6. The fraction of sp³-hybridized carbons (Fsp3) is 0.333. The van der Waals surface area contributed by atoms with Crippen LogP contribution in [0, 0.1) is 0 Å². The summed E-state index contributed by atoms with van der Waals surface area (Å²) in [6, 6.07) is 0. The molecule has 2 rings (SSSR count). The quantitative estimate of drug-likeness (QED) is 0.539. The van der Waals surface area contributed by atoms with Gasteiger partial charge in [0.15, 0.2) is 5.39 Å². The van der Waals surface area contributed by atoms with Crippen molar-refractivity contribution in [3.63, 3.8) is 0 Å². The predicted octanol–water partition coefficient (Wildman–Crippen LogP) is -0.551. The number of ether oxygens (including phenoxy) is 1. The Bertz CT molecular complexity index is 571. The van der Waals surface area contributed by atoms with Crippen LogP contribution in [0.2, 0.25) is 0 Å². The number of nitrogens with zero attached hydrogens (tertiary/aromatic N) is 2. The highest BCUT2D eigenvalue weighted by Gasteiger charge is 2.12. The topological polar surface area (TPSA) is 91.7 Å². The Balaban J connectivity index is 2.23. The van der Waals surface area contributed by atoms with Crippen molar-refractivity contribution in [2.24, 2.45) is 0 Å². The number of aromatic amines is 2. The molecule has 0 atom stereocenters. The SMILES string of the molecule is CCC(=O)OC[n+]1cc2c(=O)[nH]cnc2[nH]1. The number of fused-ring (bicyclic) bond motifs is 1. The first kappa shape index (κ1) is 10.3. The molecule has 0 bridgehead atoms. The predicted molar refractivity (Wildman–Crippen MR) is 53.3 cm³/mol. The van der Waals surface area contributed by atoms with Crippen molar-refractivity contribution < 1.29 is 14.2 Å². The maximum absolute atomic E-state index is 11.3. The zero-order valence-electron chi connectivity index (χ0n) is 8.69. The van der Waals surface area contributed by atoms with Gasteiger partial charge in [-0.3, -0.25) is 9.59 Å². The zero-order valence-corrected chi connectivity index (χ0v) is 8.69. The smallest absolute Gasteiger partial charge is 0.317 e. The Morgan fingerprint density at radius 1 is 1.62 bits per heavy atom. The largest absolute Gasteiger partial charge is 0.403 e. The molecule has 0 aliphatic rings. The van der Waals surface area contributed by atoms with E-state index >= 15 is 0 Å². The Hall–Kier alpha value is -2.18. The maximum Gasteiger partial charge on any atom is 0.317 e. The van der Waals surface area contributed by atoms with Gasteiger partial charge in [-0.05, 0) is 0 Å². The lowest BCUT2D eigenvalue weighted by molar-refractivity contribution is -0.775. The van der Waals surface area contributed by atoms with Gasteiger partial charge >= 0.3 is 12.7 Å². The van der Waals surface area contributed by atoms with E-state index in [2.05, 4.69) is 15.1 Å². The second kappa shape index (κ2) is 4.13. The second-order valence-electron chi connectivity index (χ2n) is 3.20. The van der Waals surface area contributed by atoms with Gasteiger partial charge in [0.1, 0.15) is 0 Å². The van der Waals surface area contributed by atoms with Gasteiger partial charge in [0.2, 0.25) is 11.8 Å². The highest BCUT2D eigenvalue weighted by Crippen LogP contribution is 1.96. The number of H-pyrrole nitrogens is 2. The van der Waals surface area contributed by atoms with E-state index in [4.69, 9.17) is 4.74 Å². The summed E-state index contributed by atoms with van der Waals surface area (Å²) in [5.41, 5.74) is 0.220. The summed E-state index contributed by atoms with van der Waals surface area (Å²) in [6.45, 7) is 1.76. The van der Waals surface area contributed by atoms with Gasteiger partial charge in [-0.2, -0.15) is 0 Å². The molecule has 0 unspecified atom stereocenters. The van der Waals surface area contributed by atoms with Crippen LogP contribution >= 0.6 is 0 Å². The summed E-state index contributed by atoms with van der Waals surface area (Å²) in [5, 5.41) is 3.25. The molecule has 0 saturated carbocycles. The van der Waals surface area contributed by atoms with Gasteiger partial charge < -0.3 is 9.72 Å². The fourth-order valence-corrected chi connectivity index (χ4v) is 1.26. The molecule has 16 heavy (non-hydrogen) atoms. The van der Waals surface area contributed by atoms with Gasteiger partial charge in [-0.15, -0.1) is 5.10 Å². The molecule has 0 spiro atoms. The highest BCUT2D eigenvalue weighted by molar-refractivity contribution is 5.70. The summed E-state index contributed by atoms with van der Waals surface area (Å²) >= 11 is 0. The van der Waals surface area contributed by atoms with Crippen molar-refractivity contribution >= 4 is 17.0 Å². The van der Waals surface area contributed by atoms with E-state index in [1.54, 1.807) is 13.1 Å². The molecular formula is C9H11N4O3+. The summed E-state index contributed by atoms with van der Waals surface area (Å²) in [6.07, 6.45) is 3.17. The number of carbonyl (C=O) groups is 1. The van der Waals surface area contributed by atoms with Crippen molar-refractivity contribution in [1.29, 1.82) is 0 Å². The molecule has 0 radical (unpaired) electrons. The Kier molecular flexibility index (Phi) is 2.67. The van der Waals surface area contributed by atoms with Crippen LogP contribution in [0.15, 0.2) is 17.3 Å². The van der Waals surface area contributed by atoms with Crippen LogP contribution in [0.25, 0.3) is 11.0 Å². The lowest BCUT2D eigenvalue weighted by Crippen LogP contribution is -2.37. The Morgan fingerprint density at radius 2 is 2.44 bits per heavy atom. The molecule has 84 valence electrons. The van der Waals surface area contributed by atoms with Crippen molar-refractivity contribution in [1.82, 2.24) is 15.1 Å². The van der Waals surface area contributed by atoms with Crippen molar-refractivity contribution in [3.05, 3.63) is 22.9 Å². The van der Waals surface area contributed by atoms with Crippen molar-refractivity contribution in [3.8, 4) is 0 Å². The third-order valence-corrected chi connectivity index (χ3v) is 2.08. The van der Waals surface area contributed by atoms with E-state index in [1.807, 2.05) is 0 Å². The average Bonchev–Trinajstić information content (AvgIpc) is 2.70. The molecule has 2 aromatic rings. The first-order valence-electron chi connectivity index (χ1n) is 4.82. The third-order valence-electron chi connectivity index (χ3n) is 2.08. The first-order valence-corrected chi connectivity index (χ1v) is 4.82. The third kappa shape index (κ3) is 1.92. The first-order chi connectivity index (χ1) is 7.70. The monoisotopic (exact) mass is 223 g/mol. The molecule has 0 saturated heterocycles. The van der Waals surface area contributed by atoms with Crippen LogP contribution in [-0.2, 0) is 16.3 Å². The molecule has 0 aliphatic carbocycles. The van der Waals surface area contributed by atoms with E-state index in [9.17, 15) is 9.59 Å². The number of hydrogen-bond acceptors (Lipinski definition) is 4. The Labute approximate surface area is 90.1 Å². The maximum atomic E-state index is 11.3. The average molecular weight is 223 g/mol. The van der Waals surface area contributed by atoms with Crippen LogP contribution in [0.5, 0.6) is 0 Å². The molecule has 2 aromatic heterocycles. The van der Waals surface area contributed by atoms with E-state index in [0.29, 0.717) is 17.5 Å². The summed E-state index contributed by atoms with van der Waals surface area (Å²) in [4.78, 5) is 28.7. The van der Waals surface area contributed by atoms with Crippen molar-refractivity contribution in [2.75, 3.05) is 0 Å². The minimum absolute atomic E-state index is 0.0441. The summed E-state index contributed by atoms with van der Waals surface area (Å²) < 4.78 is 6.39. The van der Waals surface area contributed by atoms with E-state index in [-0.39, 0.29) is 18.3 Å². The van der Waals surface area contributed by atoms with E-state index in [1.165, 1.54) is 11.0 Å². The van der Waals surface area contributed by atoms with E-state index in [0.717, 1.165) is 0 Å². The molecule has 7 heteroatoms. The van der Waals surface area contributed by atoms with Crippen LogP contribution in [0.3, 0.4) is 0 Å². The molecule has 0 aromatic carbocycles. The number of esters is 1. The van der Waals surface area contributed by atoms with Gasteiger partial charge in [-0.25, -0.2) is 4.98 Å². The minimum Gasteiger partial charge on any atom is -0.403 e. The fourth-order valence-electron chi connectivity index (χ4n) is 1.26. The van der Waals surface area contributed by atoms with Gasteiger partial charge in [0.25, 0.3) is 5.56 Å². The molecule has 2 N–H and O–H groups in total. The minimum atomic E-state index is -0.298. The molecular weight excluding hydrogens is 212 g/mol.